The van der Waals surface area contributed by atoms with Crippen molar-refractivity contribution in [3.05, 3.63) is 35.4 Å². The Morgan fingerprint density at radius 2 is 1.63 bits per heavy atom. The Bertz CT molecular complexity index is 448. The maximum Gasteiger partial charge on any atom is 0.259 e. The zero-order valence-electron chi connectivity index (χ0n) is 11.2. The predicted molar refractivity (Wildman–Crippen MR) is 69.0 cm³/mol. The number of hydrogen-bond donors (Lipinski definition) is 0. The molecular formula is C14H18F2N2O. The molecule has 1 aromatic rings. The average Bonchev–Trinajstić information content (AvgIpc) is 2.38. The van der Waals surface area contributed by atoms with Crippen LogP contribution in [0.15, 0.2) is 18.2 Å². The maximum atomic E-state index is 13.6. The van der Waals surface area contributed by atoms with Gasteiger partial charge >= 0.3 is 0 Å². The lowest BCUT2D eigenvalue weighted by Gasteiger charge is -2.37. The van der Waals surface area contributed by atoms with E-state index in [2.05, 4.69) is 18.7 Å². The van der Waals surface area contributed by atoms with Crippen LogP contribution in [0.4, 0.5) is 8.78 Å². The molecule has 5 heteroatoms. The van der Waals surface area contributed by atoms with Crippen molar-refractivity contribution in [2.75, 3.05) is 26.2 Å². The van der Waals surface area contributed by atoms with Crippen LogP contribution in [0.3, 0.4) is 0 Å². The first-order chi connectivity index (χ1) is 9.00. The molecule has 0 saturated carbocycles. The third kappa shape index (κ3) is 2.92. The predicted octanol–water partition coefficient (Wildman–Crippen LogP) is 2.13. The first-order valence-corrected chi connectivity index (χ1v) is 6.48. The van der Waals surface area contributed by atoms with Gasteiger partial charge in [0.05, 0.1) is 0 Å². The van der Waals surface area contributed by atoms with Crippen molar-refractivity contribution >= 4 is 5.91 Å². The zero-order chi connectivity index (χ0) is 14.0. The lowest BCUT2D eigenvalue weighted by atomic mass is 10.1. The number of hydrogen-bond acceptors (Lipinski definition) is 2. The molecule has 1 saturated heterocycles. The van der Waals surface area contributed by atoms with Crippen molar-refractivity contribution in [2.24, 2.45) is 0 Å². The van der Waals surface area contributed by atoms with Crippen molar-refractivity contribution < 1.29 is 13.6 Å². The van der Waals surface area contributed by atoms with Crippen LogP contribution >= 0.6 is 0 Å². The highest BCUT2D eigenvalue weighted by molar-refractivity contribution is 5.94. The molecule has 0 radical (unpaired) electrons. The van der Waals surface area contributed by atoms with E-state index >= 15 is 0 Å². The van der Waals surface area contributed by atoms with Gasteiger partial charge in [0.2, 0.25) is 0 Å². The van der Waals surface area contributed by atoms with Crippen molar-refractivity contribution in [3.63, 3.8) is 0 Å². The number of carbonyl (C=O) groups excluding carboxylic acids is 1. The van der Waals surface area contributed by atoms with Crippen LogP contribution in [0.5, 0.6) is 0 Å². The van der Waals surface area contributed by atoms with Crippen LogP contribution in [0, 0.1) is 11.6 Å². The fourth-order valence-electron chi connectivity index (χ4n) is 2.30. The zero-order valence-corrected chi connectivity index (χ0v) is 11.2. The Kier molecular flexibility index (Phi) is 4.14. The first kappa shape index (κ1) is 13.9. The Balaban J connectivity index is 2.10. The summed E-state index contributed by atoms with van der Waals surface area (Å²) in [7, 11) is 0. The van der Waals surface area contributed by atoms with Gasteiger partial charge in [-0.15, -0.1) is 0 Å². The molecule has 1 heterocycles. The molecule has 0 unspecified atom stereocenters. The van der Waals surface area contributed by atoms with Gasteiger partial charge in [-0.05, 0) is 26.0 Å². The minimum Gasteiger partial charge on any atom is -0.336 e. The van der Waals surface area contributed by atoms with E-state index in [0.717, 1.165) is 25.2 Å². The molecule has 3 nitrogen and oxygen atoms in total. The van der Waals surface area contributed by atoms with Gasteiger partial charge in [-0.2, -0.15) is 0 Å². The summed E-state index contributed by atoms with van der Waals surface area (Å²) < 4.78 is 27.1. The molecule has 1 aliphatic heterocycles. The number of halogens is 2. The number of benzene rings is 1. The molecule has 0 atom stereocenters. The van der Waals surface area contributed by atoms with E-state index in [1.807, 2.05) is 0 Å². The van der Waals surface area contributed by atoms with Crippen LogP contribution in [0.2, 0.25) is 0 Å². The van der Waals surface area contributed by atoms with Crippen LogP contribution in [-0.4, -0.2) is 47.9 Å². The number of rotatable bonds is 2. The highest BCUT2D eigenvalue weighted by atomic mass is 19.1. The molecule has 0 aromatic heterocycles. The molecule has 1 aliphatic rings. The van der Waals surface area contributed by atoms with Gasteiger partial charge in [-0.1, -0.05) is 6.07 Å². The fourth-order valence-corrected chi connectivity index (χ4v) is 2.30. The van der Waals surface area contributed by atoms with Gasteiger partial charge in [0, 0.05) is 32.2 Å². The quantitative estimate of drug-likeness (QED) is 0.820. The topological polar surface area (TPSA) is 23.6 Å². The Morgan fingerprint density at radius 1 is 1.11 bits per heavy atom. The molecule has 1 amide bonds. The van der Waals surface area contributed by atoms with Crippen LogP contribution < -0.4 is 0 Å². The minimum absolute atomic E-state index is 0.419. The molecule has 19 heavy (non-hydrogen) atoms. The second-order valence-corrected chi connectivity index (χ2v) is 5.02. The number of nitrogens with zero attached hydrogens (tertiary/aromatic N) is 2. The number of piperazine rings is 1. The van der Waals surface area contributed by atoms with Crippen molar-refractivity contribution in [1.82, 2.24) is 9.80 Å². The van der Waals surface area contributed by atoms with E-state index in [0.29, 0.717) is 19.1 Å². The maximum absolute atomic E-state index is 13.6. The monoisotopic (exact) mass is 268 g/mol. The summed E-state index contributed by atoms with van der Waals surface area (Å²) in [6, 6.07) is 3.90. The van der Waals surface area contributed by atoms with E-state index in [-0.39, 0.29) is 0 Å². The van der Waals surface area contributed by atoms with E-state index < -0.39 is 23.1 Å². The van der Waals surface area contributed by atoms with Gasteiger partial charge in [0.1, 0.15) is 17.2 Å². The van der Waals surface area contributed by atoms with Gasteiger partial charge < -0.3 is 4.90 Å². The first-order valence-electron chi connectivity index (χ1n) is 6.48. The Hall–Kier alpha value is -1.49. The normalized spacial score (nSPS) is 17.0. The molecule has 2 rings (SSSR count). The molecule has 0 aliphatic carbocycles. The highest BCUT2D eigenvalue weighted by Crippen LogP contribution is 2.16. The molecule has 0 spiro atoms. The largest absolute Gasteiger partial charge is 0.336 e. The third-order valence-corrected chi connectivity index (χ3v) is 3.51. The standard InChI is InChI=1S/C14H18F2N2O/c1-10(2)17-6-8-18(9-7-17)14(19)13-11(15)4-3-5-12(13)16/h3-5,10H,6-9H2,1-2H3. The second kappa shape index (κ2) is 5.65. The van der Waals surface area contributed by atoms with Gasteiger partial charge in [0.25, 0.3) is 5.91 Å². The summed E-state index contributed by atoms with van der Waals surface area (Å²) in [6.45, 7) is 6.66. The summed E-state index contributed by atoms with van der Waals surface area (Å²) in [5.74, 6) is -2.15. The second-order valence-electron chi connectivity index (χ2n) is 5.02. The average molecular weight is 268 g/mol. The van der Waals surface area contributed by atoms with E-state index in [4.69, 9.17) is 0 Å². The fraction of sp³-hybridized carbons (Fsp3) is 0.500. The molecule has 0 N–H and O–H groups in total. The van der Waals surface area contributed by atoms with Gasteiger partial charge in [-0.3, -0.25) is 9.69 Å². The van der Waals surface area contributed by atoms with Gasteiger partial charge in [-0.25, -0.2) is 8.78 Å². The van der Waals surface area contributed by atoms with Crippen LogP contribution in [0.25, 0.3) is 0 Å². The molecule has 104 valence electrons. The van der Waals surface area contributed by atoms with E-state index in [1.165, 1.54) is 11.0 Å². The lowest BCUT2D eigenvalue weighted by molar-refractivity contribution is 0.0586. The summed E-state index contributed by atoms with van der Waals surface area (Å²) in [4.78, 5) is 15.9. The number of carbonyl (C=O) groups is 1. The summed E-state index contributed by atoms with van der Waals surface area (Å²) in [5, 5.41) is 0. The summed E-state index contributed by atoms with van der Waals surface area (Å²) >= 11 is 0. The summed E-state index contributed by atoms with van der Waals surface area (Å²) in [5.41, 5.74) is -0.444. The van der Waals surface area contributed by atoms with Crippen molar-refractivity contribution in [1.29, 1.82) is 0 Å². The molecule has 0 bridgehead atoms. The smallest absolute Gasteiger partial charge is 0.259 e. The third-order valence-electron chi connectivity index (χ3n) is 3.51. The van der Waals surface area contributed by atoms with Crippen LogP contribution in [0.1, 0.15) is 24.2 Å². The van der Waals surface area contributed by atoms with Crippen molar-refractivity contribution in [2.45, 2.75) is 19.9 Å². The number of amides is 1. The lowest BCUT2D eigenvalue weighted by Crippen LogP contribution is -2.51. The van der Waals surface area contributed by atoms with Crippen molar-refractivity contribution in [3.8, 4) is 0 Å². The molecule has 1 aromatic carbocycles. The van der Waals surface area contributed by atoms with E-state index in [9.17, 15) is 13.6 Å². The summed E-state index contributed by atoms with van der Waals surface area (Å²) in [6.07, 6.45) is 0. The Labute approximate surface area is 111 Å². The Morgan fingerprint density at radius 3 is 2.11 bits per heavy atom. The SMILES string of the molecule is CC(C)N1CCN(C(=O)c2c(F)cccc2F)CC1. The van der Waals surface area contributed by atoms with Crippen LogP contribution in [-0.2, 0) is 0 Å². The minimum atomic E-state index is -0.795. The molecule has 1 fully saturated rings. The van der Waals surface area contributed by atoms with Gasteiger partial charge in [0.15, 0.2) is 0 Å². The highest BCUT2D eigenvalue weighted by Gasteiger charge is 2.26. The van der Waals surface area contributed by atoms with E-state index in [1.54, 1.807) is 0 Å². The molecular weight excluding hydrogens is 250 g/mol.